The van der Waals surface area contributed by atoms with E-state index in [1.807, 2.05) is 6.07 Å². The first kappa shape index (κ1) is 16.2. The van der Waals surface area contributed by atoms with Crippen molar-refractivity contribution >= 4 is 5.91 Å². The highest BCUT2D eigenvalue weighted by molar-refractivity contribution is 5.76. The summed E-state index contributed by atoms with van der Waals surface area (Å²) in [6, 6.07) is 1.92. The molecule has 0 aromatic carbocycles. The Hall–Kier alpha value is -2.13. The molecule has 0 unspecified atom stereocenters. The lowest BCUT2D eigenvalue weighted by molar-refractivity contribution is -0.121. The van der Waals surface area contributed by atoms with E-state index in [4.69, 9.17) is 10.00 Å². The summed E-state index contributed by atoms with van der Waals surface area (Å²) in [5.74, 6) is -0.0426. The van der Waals surface area contributed by atoms with Gasteiger partial charge in [0.2, 0.25) is 5.91 Å². The van der Waals surface area contributed by atoms with Gasteiger partial charge in [-0.15, -0.1) is 0 Å². The molecule has 6 nitrogen and oxygen atoms in total. The standard InChI is InChI=1S/C16H21N3O3/c1-10-13(11(2)19-16(21)14(10)8-17)5-6-15(20)18-9-12-4-3-7-22-12/h12H,3-7,9H2,1-2H3,(H,18,20)(H,19,21)/t12-/m1/s1. The van der Waals surface area contributed by atoms with Crippen molar-refractivity contribution in [2.45, 2.75) is 45.6 Å². The Labute approximate surface area is 129 Å². The maximum atomic E-state index is 11.9. The number of ether oxygens (including phenoxy) is 1. The number of H-pyrrole nitrogens is 1. The Morgan fingerprint density at radius 3 is 2.91 bits per heavy atom. The minimum absolute atomic E-state index is 0.0426. The molecule has 0 spiro atoms. The van der Waals surface area contributed by atoms with Crippen molar-refractivity contribution in [1.82, 2.24) is 10.3 Å². The van der Waals surface area contributed by atoms with E-state index in [-0.39, 0.29) is 23.1 Å². The third-order valence-corrected chi connectivity index (χ3v) is 4.07. The summed E-state index contributed by atoms with van der Waals surface area (Å²) in [5, 5.41) is 11.9. The lowest BCUT2D eigenvalue weighted by Gasteiger charge is -2.12. The minimum Gasteiger partial charge on any atom is -0.376 e. The number of nitrogens with zero attached hydrogens (tertiary/aromatic N) is 1. The molecule has 2 rings (SSSR count). The number of carbonyl (C=O) groups excluding carboxylic acids is 1. The smallest absolute Gasteiger partial charge is 0.266 e. The molecule has 22 heavy (non-hydrogen) atoms. The Bertz CT molecular complexity index is 652. The van der Waals surface area contributed by atoms with Crippen LogP contribution in [0.15, 0.2) is 4.79 Å². The minimum atomic E-state index is -0.371. The molecule has 0 aliphatic carbocycles. The van der Waals surface area contributed by atoms with E-state index < -0.39 is 0 Å². The number of nitrogens with one attached hydrogen (secondary N) is 2. The highest BCUT2D eigenvalue weighted by atomic mass is 16.5. The Morgan fingerprint density at radius 1 is 1.50 bits per heavy atom. The van der Waals surface area contributed by atoms with Gasteiger partial charge in [-0.05, 0) is 44.2 Å². The zero-order valence-corrected chi connectivity index (χ0v) is 13.0. The van der Waals surface area contributed by atoms with Gasteiger partial charge in [-0.25, -0.2) is 0 Å². The number of carbonyl (C=O) groups is 1. The van der Waals surface area contributed by atoms with Crippen molar-refractivity contribution in [2.24, 2.45) is 0 Å². The van der Waals surface area contributed by atoms with E-state index in [2.05, 4.69) is 10.3 Å². The van der Waals surface area contributed by atoms with Crippen molar-refractivity contribution in [3.05, 3.63) is 32.7 Å². The van der Waals surface area contributed by atoms with Gasteiger partial charge in [0.05, 0.1) is 6.10 Å². The van der Waals surface area contributed by atoms with Crippen LogP contribution in [-0.4, -0.2) is 30.1 Å². The van der Waals surface area contributed by atoms with E-state index in [0.717, 1.165) is 25.0 Å². The summed E-state index contributed by atoms with van der Waals surface area (Å²) >= 11 is 0. The third-order valence-electron chi connectivity index (χ3n) is 4.07. The molecule has 0 radical (unpaired) electrons. The fraction of sp³-hybridized carbons (Fsp3) is 0.562. The highest BCUT2D eigenvalue weighted by Gasteiger charge is 2.17. The predicted octanol–water partition coefficient (Wildman–Crippen LogP) is 1.09. The number of hydrogen-bond acceptors (Lipinski definition) is 4. The molecular formula is C16H21N3O3. The van der Waals surface area contributed by atoms with E-state index in [9.17, 15) is 9.59 Å². The number of amides is 1. The zero-order valence-electron chi connectivity index (χ0n) is 13.0. The first-order valence-electron chi connectivity index (χ1n) is 7.53. The van der Waals surface area contributed by atoms with Crippen molar-refractivity contribution in [1.29, 1.82) is 5.26 Å². The highest BCUT2D eigenvalue weighted by Crippen LogP contribution is 2.15. The van der Waals surface area contributed by atoms with Crippen LogP contribution in [0, 0.1) is 25.2 Å². The largest absolute Gasteiger partial charge is 0.376 e. The maximum Gasteiger partial charge on any atom is 0.266 e. The average Bonchev–Trinajstić information content (AvgIpc) is 2.98. The van der Waals surface area contributed by atoms with Crippen LogP contribution in [0.4, 0.5) is 0 Å². The number of aryl methyl sites for hydroxylation is 1. The Kier molecular flexibility index (Phi) is 5.34. The molecule has 1 aliphatic heterocycles. The molecule has 2 N–H and O–H groups in total. The molecule has 1 fully saturated rings. The van der Waals surface area contributed by atoms with Crippen molar-refractivity contribution in [3.63, 3.8) is 0 Å². The summed E-state index contributed by atoms with van der Waals surface area (Å²) < 4.78 is 5.46. The number of pyridine rings is 1. The monoisotopic (exact) mass is 303 g/mol. The molecule has 1 atom stereocenters. The van der Waals surface area contributed by atoms with Gasteiger partial charge in [-0.2, -0.15) is 5.26 Å². The quantitative estimate of drug-likeness (QED) is 0.851. The Morgan fingerprint density at radius 2 is 2.27 bits per heavy atom. The molecule has 2 heterocycles. The van der Waals surface area contributed by atoms with E-state index >= 15 is 0 Å². The van der Waals surface area contributed by atoms with Crippen LogP contribution in [-0.2, 0) is 16.0 Å². The van der Waals surface area contributed by atoms with Crippen LogP contribution >= 0.6 is 0 Å². The first-order chi connectivity index (χ1) is 10.5. The average molecular weight is 303 g/mol. The van der Waals surface area contributed by atoms with Gasteiger partial charge in [0.25, 0.3) is 5.56 Å². The van der Waals surface area contributed by atoms with Crippen molar-refractivity contribution < 1.29 is 9.53 Å². The topological polar surface area (TPSA) is 95.0 Å². The van der Waals surface area contributed by atoms with Crippen LogP contribution in [0.3, 0.4) is 0 Å². The fourth-order valence-corrected chi connectivity index (χ4v) is 2.78. The lowest BCUT2D eigenvalue weighted by atomic mass is 9.99. The molecule has 1 aliphatic rings. The van der Waals surface area contributed by atoms with Gasteiger partial charge in [-0.1, -0.05) is 0 Å². The lowest BCUT2D eigenvalue weighted by Crippen LogP contribution is -2.32. The summed E-state index contributed by atoms with van der Waals surface area (Å²) in [6.07, 6.45) is 2.99. The fourth-order valence-electron chi connectivity index (χ4n) is 2.78. The summed E-state index contributed by atoms with van der Waals surface area (Å²) in [7, 11) is 0. The van der Waals surface area contributed by atoms with Gasteiger partial charge in [0.1, 0.15) is 11.6 Å². The van der Waals surface area contributed by atoms with Gasteiger partial charge in [0.15, 0.2) is 0 Å². The van der Waals surface area contributed by atoms with Gasteiger partial charge in [-0.3, -0.25) is 9.59 Å². The normalized spacial score (nSPS) is 17.2. The maximum absolute atomic E-state index is 11.9. The van der Waals surface area contributed by atoms with Crippen molar-refractivity contribution in [2.75, 3.05) is 13.2 Å². The number of hydrogen-bond donors (Lipinski definition) is 2. The van der Waals surface area contributed by atoms with Gasteiger partial charge in [0, 0.05) is 25.3 Å². The molecule has 6 heteroatoms. The second kappa shape index (κ2) is 7.23. The molecule has 118 valence electrons. The van der Waals surface area contributed by atoms with E-state index in [1.54, 1.807) is 13.8 Å². The SMILES string of the molecule is Cc1[nH]c(=O)c(C#N)c(C)c1CCC(=O)NC[C@H]1CCCO1. The van der Waals surface area contributed by atoms with Gasteiger partial charge >= 0.3 is 0 Å². The van der Waals surface area contributed by atoms with Crippen LogP contribution < -0.4 is 10.9 Å². The molecule has 0 saturated carbocycles. The third kappa shape index (κ3) is 3.74. The second-order valence-corrected chi connectivity index (χ2v) is 5.61. The summed E-state index contributed by atoms with van der Waals surface area (Å²) in [6.45, 7) is 4.86. The molecule has 1 aromatic heterocycles. The zero-order chi connectivity index (χ0) is 16.1. The summed E-state index contributed by atoms with van der Waals surface area (Å²) in [5.41, 5.74) is 2.00. The predicted molar refractivity (Wildman–Crippen MR) is 81.6 cm³/mol. The number of aromatic amines is 1. The van der Waals surface area contributed by atoms with Crippen LogP contribution in [0.25, 0.3) is 0 Å². The van der Waals surface area contributed by atoms with E-state index in [1.165, 1.54) is 0 Å². The number of rotatable bonds is 5. The summed E-state index contributed by atoms with van der Waals surface area (Å²) in [4.78, 5) is 26.2. The van der Waals surface area contributed by atoms with Crippen molar-refractivity contribution in [3.8, 4) is 6.07 Å². The van der Waals surface area contributed by atoms with Crippen LogP contribution in [0.1, 0.15) is 41.6 Å². The Balaban J connectivity index is 1.95. The molecule has 1 aromatic rings. The molecular weight excluding hydrogens is 282 g/mol. The number of nitriles is 1. The molecule has 1 saturated heterocycles. The number of aromatic nitrogens is 1. The van der Waals surface area contributed by atoms with E-state index in [0.29, 0.717) is 30.6 Å². The van der Waals surface area contributed by atoms with Gasteiger partial charge < -0.3 is 15.0 Å². The van der Waals surface area contributed by atoms with Crippen LogP contribution in [0.2, 0.25) is 0 Å². The molecule has 0 bridgehead atoms. The first-order valence-corrected chi connectivity index (χ1v) is 7.53. The second-order valence-electron chi connectivity index (χ2n) is 5.61. The molecule has 1 amide bonds. The van der Waals surface area contributed by atoms with Crippen LogP contribution in [0.5, 0.6) is 0 Å².